The second kappa shape index (κ2) is 8.40. The normalized spacial score (nSPS) is 22.9. The molecule has 27 heavy (non-hydrogen) atoms. The van der Waals surface area contributed by atoms with Crippen LogP contribution < -0.4 is 0 Å². The maximum absolute atomic E-state index is 13.2. The van der Waals surface area contributed by atoms with Crippen LogP contribution in [0.5, 0.6) is 0 Å². The Hall–Kier alpha value is -1.92. The van der Waals surface area contributed by atoms with E-state index in [-0.39, 0.29) is 30.0 Å². The largest absolute Gasteiger partial charge is 0.395 e. The highest BCUT2D eigenvalue weighted by Crippen LogP contribution is 2.25. The van der Waals surface area contributed by atoms with Crippen LogP contribution in [0.4, 0.5) is 0 Å². The van der Waals surface area contributed by atoms with Crippen molar-refractivity contribution in [3.63, 3.8) is 0 Å². The molecule has 1 unspecified atom stereocenters. The van der Waals surface area contributed by atoms with Crippen LogP contribution in [-0.2, 0) is 16.0 Å². The van der Waals surface area contributed by atoms with Crippen molar-refractivity contribution in [3.8, 4) is 0 Å². The van der Waals surface area contributed by atoms with Crippen molar-refractivity contribution >= 4 is 11.8 Å². The smallest absolute Gasteiger partial charge is 0.245 e. The van der Waals surface area contributed by atoms with Crippen molar-refractivity contribution in [2.75, 3.05) is 39.3 Å². The summed E-state index contributed by atoms with van der Waals surface area (Å²) in [6, 6.07) is 9.38. The molecule has 3 rings (SSSR count). The summed E-state index contributed by atoms with van der Waals surface area (Å²) in [5, 5.41) is 9.25. The van der Waals surface area contributed by atoms with E-state index in [1.54, 1.807) is 4.90 Å². The topological polar surface area (TPSA) is 64.1 Å². The minimum Gasteiger partial charge on any atom is -0.395 e. The van der Waals surface area contributed by atoms with E-state index in [9.17, 15) is 14.7 Å². The molecule has 0 saturated carbocycles. The van der Waals surface area contributed by atoms with Crippen molar-refractivity contribution in [3.05, 3.63) is 35.9 Å². The molecule has 2 aliphatic heterocycles. The van der Waals surface area contributed by atoms with Gasteiger partial charge in [0.1, 0.15) is 6.04 Å². The van der Waals surface area contributed by atoms with Gasteiger partial charge in [0, 0.05) is 38.3 Å². The highest BCUT2D eigenvalue weighted by molar-refractivity contribution is 5.89. The SMILES string of the molecule is CC1(C)CN(C(=O)C2CCCN2C(=O)Cc2ccccc2)CCN1CCO. The number of hydrogen-bond donors (Lipinski definition) is 1. The first-order valence-electron chi connectivity index (χ1n) is 9.90. The molecular formula is C21H31N3O3. The lowest BCUT2D eigenvalue weighted by molar-refractivity contribution is -0.147. The number of aliphatic hydroxyl groups is 1. The van der Waals surface area contributed by atoms with Crippen molar-refractivity contribution in [2.45, 2.75) is 44.7 Å². The van der Waals surface area contributed by atoms with Crippen LogP contribution in [-0.4, -0.2) is 82.5 Å². The average molecular weight is 373 g/mol. The molecule has 0 aromatic heterocycles. The number of carbonyl (C=O) groups excluding carboxylic acids is 2. The third-order valence-electron chi connectivity index (χ3n) is 5.81. The Morgan fingerprint density at radius 1 is 1.15 bits per heavy atom. The Balaban J connectivity index is 1.64. The van der Waals surface area contributed by atoms with Gasteiger partial charge in [0.25, 0.3) is 0 Å². The number of hydrogen-bond acceptors (Lipinski definition) is 4. The molecule has 1 aromatic carbocycles. The molecule has 6 heteroatoms. The maximum Gasteiger partial charge on any atom is 0.245 e. The van der Waals surface area contributed by atoms with E-state index in [1.807, 2.05) is 35.2 Å². The molecular weight excluding hydrogens is 342 g/mol. The summed E-state index contributed by atoms with van der Waals surface area (Å²) in [5.74, 6) is 0.112. The highest BCUT2D eigenvalue weighted by atomic mass is 16.3. The molecule has 0 spiro atoms. The summed E-state index contributed by atoms with van der Waals surface area (Å²) in [7, 11) is 0. The first-order chi connectivity index (χ1) is 12.9. The van der Waals surface area contributed by atoms with Gasteiger partial charge >= 0.3 is 0 Å². The standard InChI is InChI=1S/C21H31N3O3/c1-21(2)16-22(11-12-23(21)13-14-25)20(27)18-9-6-10-24(18)19(26)15-17-7-4-3-5-8-17/h3-5,7-8,18,25H,6,9-16H2,1-2H3. The molecule has 2 saturated heterocycles. The number of nitrogens with zero attached hydrogens (tertiary/aromatic N) is 3. The van der Waals surface area contributed by atoms with Gasteiger partial charge in [-0.3, -0.25) is 14.5 Å². The zero-order chi connectivity index (χ0) is 19.4. The van der Waals surface area contributed by atoms with Crippen molar-refractivity contribution < 1.29 is 14.7 Å². The van der Waals surface area contributed by atoms with Gasteiger partial charge in [0.05, 0.1) is 13.0 Å². The van der Waals surface area contributed by atoms with Crippen molar-refractivity contribution in [1.82, 2.24) is 14.7 Å². The zero-order valence-electron chi connectivity index (χ0n) is 16.4. The Morgan fingerprint density at radius 2 is 1.89 bits per heavy atom. The van der Waals surface area contributed by atoms with Gasteiger partial charge in [-0.05, 0) is 32.3 Å². The van der Waals surface area contributed by atoms with Crippen LogP contribution in [0.25, 0.3) is 0 Å². The summed E-state index contributed by atoms with van der Waals surface area (Å²) >= 11 is 0. The number of aliphatic hydroxyl groups excluding tert-OH is 1. The Morgan fingerprint density at radius 3 is 2.56 bits per heavy atom. The van der Waals surface area contributed by atoms with Crippen LogP contribution in [0.2, 0.25) is 0 Å². The lowest BCUT2D eigenvalue weighted by Gasteiger charge is -2.47. The third kappa shape index (κ3) is 4.50. The summed E-state index contributed by atoms with van der Waals surface area (Å²) in [5.41, 5.74) is 0.813. The molecule has 6 nitrogen and oxygen atoms in total. The molecule has 2 heterocycles. The summed E-state index contributed by atoms with van der Waals surface area (Å²) in [4.78, 5) is 31.9. The molecule has 2 amide bonds. The number of likely N-dealkylation sites (tertiary alicyclic amines) is 1. The maximum atomic E-state index is 13.2. The summed E-state index contributed by atoms with van der Waals surface area (Å²) in [6.45, 7) is 7.66. The molecule has 148 valence electrons. The predicted molar refractivity (Wildman–Crippen MR) is 104 cm³/mol. The van der Waals surface area contributed by atoms with Crippen LogP contribution in [0.1, 0.15) is 32.3 Å². The second-order valence-corrected chi connectivity index (χ2v) is 8.19. The fraction of sp³-hybridized carbons (Fsp3) is 0.619. The zero-order valence-corrected chi connectivity index (χ0v) is 16.4. The number of β-amino-alcohol motifs (C(OH)–C–C–N with tert-alkyl or cyclic N) is 1. The van der Waals surface area contributed by atoms with Crippen LogP contribution in [0.3, 0.4) is 0 Å². The van der Waals surface area contributed by atoms with E-state index in [1.165, 1.54) is 0 Å². The molecule has 1 atom stereocenters. The minimum absolute atomic E-state index is 0.0372. The first-order valence-corrected chi connectivity index (χ1v) is 9.90. The Bertz CT molecular complexity index is 662. The molecule has 1 N–H and O–H groups in total. The van der Waals surface area contributed by atoms with Gasteiger partial charge in [-0.15, -0.1) is 0 Å². The van der Waals surface area contributed by atoms with Crippen molar-refractivity contribution in [1.29, 1.82) is 0 Å². The fourth-order valence-electron chi connectivity index (χ4n) is 4.32. The molecule has 2 aliphatic rings. The summed E-state index contributed by atoms with van der Waals surface area (Å²) in [6.07, 6.45) is 1.97. The molecule has 2 fully saturated rings. The van der Waals surface area contributed by atoms with Crippen molar-refractivity contribution in [2.24, 2.45) is 0 Å². The molecule has 0 radical (unpaired) electrons. The Labute approximate surface area is 161 Å². The van der Waals surface area contributed by atoms with Crippen LogP contribution in [0, 0.1) is 0 Å². The number of amides is 2. The number of benzene rings is 1. The number of rotatable bonds is 5. The van der Waals surface area contributed by atoms with Crippen LogP contribution >= 0.6 is 0 Å². The van der Waals surface area contributed by atoms with E-state index in [0.29, 0.717) is 32.6 Å². The highest BCUT2D eigenvalue weighted by Gasteiger charge is 2.41. The monoisotopic (exact) mass is 373 g/mol. The van der Waals surface area contributed by atoms with E-state index < -0.39 is 0 Å². The second-order valence-electron chi connectivity index (χ2n) is 8.19. The third-order valence-corrected chi connectivity index (χ3v) is 5.81. The van der Waals surface area contributed by atoms with E-state index >= 15 is 0 Å². The van der Waals surface area contributed by atoms with Gasteiger partial charge in [0.2, 0.25) is 11.8 Å². The van der Waals surface area contributed by atoms with E-state index in [2.05, 4.69) is 18.7 Å². The van der Waals surface area contributed by atoms with Gasteiger partial charge in [-0.2, -0.15) is 0 Å². The first kappa shape index (κ1) is 19.8. The summed E-state index contributed by atoms with van der Waals surface area (Å²) < 4.78 is 0. The van der Waals surface area contributed by atoms with Gasteiger partial charge in [0.15, 0.2) is 0 Å². The molecule has 1 aromatic rings. The van der Waals surface area contributed by atoms with E-state index in [4.69, 9.17) is 0 Å². The van der Waals surface area contributed by atoms with E-state index in [0.717, 1.165) is 24.9 Å². The molecule has 0 aliphatic carbocycles. The lowest BCUT2D eigenvalue weighted by Crippen LogP contribution is -2.63. The fourth-order valence-corrected chi connectivity index (χ4v) is 4.32. The lowest BCUT2D eigenvalue weighted by atomic mass is 9.98. The Kier molecular flexibility index (Phi) is 6.17. The average Bonchev–Trinajstić information content (AvgIpc) is 3.13. The van der Waals surface area contributed by atoms with Gasteiger partial charge in [-0.1, -0.05) is 30.3 Å². The van der Waals surface area contributed by atoms with Gasteiger partial charge < -0.3 is 14.9 Å². The van der Waals surface area contributed by atoms with Gasteiger partial charge in [-0.25, -0.2) is 0 Å². The number of piperazine rings is 1. The predicted octanol–water partition coefficient (Wildman–Crippen LogP) is 1.14. The quantitative estimate of drug-likeness (QED) is 0.841. The minimum atomic E-state index is -0.332. The van der Waals surface area contributed by atoms with Crippen LogP contribution in [0.15, 0.2) is 30.3 Å². The number of carbonyl (C=O) groups is 2. The molecule has 0 bridgehead atoms.